The summed E-state index contributed by atoms with van der Waals surface area (Å²) < 4.78 is 11.2. The molecule has 7 rings (SSSR count). The number of allylic oxidation sites excluding steroid dienone is 4. The average Bonchev–Trinajstić information content (AvgIpc) is 3.34. The molecule has 1 saturated heterocycles. The third-order valence-electron chi connectivity index (χ3n) is 10.7. The van der Waals surface area contributed by atoms with E-state index >= 15 is 4.79 Å². The molecule has 1 N–H and O–H groups in total. The molecule has 6 atom stereocenters. The lowest BCUT2D eigenvalue weighted by Gasteiger charge is -2.55. The van der Waals surface area contributed by atoms with E-state index in [0.717, 1.165) is 5.57 Å². The number of imide groups is 1. The Hall–Kier alpha value is -4.98. The van der Waals surface area contributed by atoms with Crippen molar-refractivity contribution in [1.29, 1.82) is 0 Å². The summed E-state index contributed by atoms with van der Waals surface area (Å²) in [7, 11) is 2.88. The van der Waals surface area contributed by atoms with Gasteiger partial charge >= 0.3 is 0 Å². The van der Waals surface area contributed by atoms with Crippen molar-refractivity contribution in [3.05, 3.63) is 107 Å². The summed E-state index contributed by atoms with van der Waals surface area (Å²) in [4.78, 5) is 59.1. The lowest BCUT2D eigenvalue weighted by Crippen LogP contribution is -2.58. The molecule has 0 bridgehead atoms. The highest BCUT2D eigenvalue weighted by molar-refractivity contribution is 6.31. The Balaban J connectivity index is 1.53. The largest absolute Gasteiger partial charge is 0.502 e. The van der Waals surface area contributed by atoms with Gasteiger partial charge in [0.1, 0.15) is 0 Å². The smallest absolute Gasteiger partial charge is 0.233 e. The summed E-state index contributed by atoms with van der Waals surface area (Å²) in [6.45, 7) is 2.28. The van der Waals surface area contributed by atoms with E-state index in [4.69, 9.17) is 9.47 Å². The van der Waals surface area contributed by atoms with E-state index in [-0.39, 0.29) is 47.1 Å². The molecule has 8 heteroatoms. The topological polar surface area (TPSA) is 110 Å². The van der Waals surface area contributed by atoms with Crippen LogP contribution in [0.15, 0.2) is 90.5 Å². The minimum atomic E-state index is -1.38. The fourth-order valence-electron chi connectivity index (χ4n) is 8.84. The zero-order valence-electron chi connectivity index (χ0n) is 26.6. The quantitative estimate of drug-likeness (QED) is 0.265. The van der Waals surface area contributed by atoms with Crippen molar-refractivity contribution < 1.29 is 33.8 Å². The fourth-order valence-corrected chi connectivity index (χ4v) is 8.84. The van der Waals surface area contributed by atoms with Gasteiger partial charge in [-0.25, -0.2) is 0 Å². The van der Waals surface area contributed by atoms with Gasteiger partial charge in [0, 0.05) is 24.0 Å². The van der Waals surface area contributed by atoms with Crippen LogP contribution in [-0.2, 0) is 24.6 Å². The van der Waals surface area contributed by atoms with Gasteiger partial charge in [-0.2, -0.15) is 0 Å². The van der Waals surface area contributed by atoms with Crippen molar-refractivity contribution in [3.63, 3.8) is 0 Å². The van der Waals surface area contributed by atoms with E-state index in [1.165, 1.54) is 25.2 Å². The summed E-state index contributed by atoms with van der Waals surface area (Å²) in [5.41, 5.74) is 1.76. The van der Waals surface area contributed by atoms with Gasteiger partial charge in [0.15, 0.2) is 23.1 Å². The third kappa shape index (κ3) is 4.41. The number of carbonyl (C=O) groups is 4. The second-order valence-corrected chi connectivity index (χ2v) is 12.9. The molecule has 0 aromatic heterocycles. The summed E-state index contributed by atoms with van der Waals surface area (Å²) in [5.74, 6) is -3.83. The Kier molecular flexibility index (Phi) is 7.62. The van der Waals surface area contributed by atoms with Crippen LogP contribution in [0, 0.1) is 23.7 Å². The van der Waals surface area contributed by atoms with Crippen LogP contribution in [0.5, 0.6) is 17.2 Å². The monoisotopic (exact) mass is 631 g/mol. The van der Waals surface area contributed by atoms with Crippen LogP contribution in [0.3, 0.4) is 0 Å². The summed E-state index contributed by atoms with van der Waals surface area (Å²) in [6.07, 6.45) is 4.75. The number of phenols is 1. The molecular formula is C39H37NO7. The highest BCUT2D eigenvalue weighted by atomic mass is 16.5. The molecule has 4 aliphatic rings. The molecule has 2 amide bonds. The van der Waals surface area contributed by atoms with Crippen LogP contribution in [0.4, 0.5) is 0 Å². The van der Waals surface area contributed by atoms with Crippen molar-refractivity contribution in [1.82, 2.24) is 4.90 Å². The molecule has 0 unspecified atom stereocenters. The molecule has 0 spiro atoms. The van der Waals surface area contributed by atoms with Crippen LogP contribution >= 0.6 is 0 Å². The van der Waals surface area contributed by atoms with Gasteiger partial charge in [-0.3, -0.25) is 24.1 Å². The number of ether oxygens (including phenoxy) is 2. The fraction of sp³-hybridized carbons (Fsp3) is 0.333. The molecule has 2 fully saturated rings. The standard InChI is InChI=1S/C39H37NO7/c1-4-17-40-37(44)26-16-15-25-28(33(26)38(40)45)20-29-35(42)27(22-11-7-5-8-12-22)21-32(41)39(29,24-13-9-6-10-14-24)34(25)23-18-30(46-2)36(43)31(19-23)47-3/h5-15,18-19,21,26,28-29,33-34,43H,4,16-17,20H2,1-3H3/t26-,28+,29-,33-,34-,39-/m0/s1. The van der Waals surface area contributed by atoms with Gasteiger partial charge in [-0.15, -0.1) is 0 Å². The van der Waals surface area contributed by atoms with E-state index in [2.05, 4.69) is 0 Å². The highest BCUT2D eigenvalue weighted by Crippen LogP contribution is 2.64. The lowest BCUT2D eigenvalue weighted by atomic mass is 9.44. The van der Waals surface area contributed by atoms with Crippen LogP contribution < -0.4 is 9.47 Å². The number of phenolic OH excluding ortho intramolecular Hbond substituents is 1. The number of ketones is 2. The number of rotatable bonds is 7. The zero-order valence-corrected chi connectivity index (χ0v) is 26.6. The van der Waals surface area contributed by atoms with Crippen molar-refractivity contribution in [2.24, 2.45) is 23.7 Å². The van der Waals surface area contributed by atoms with Gasteiger partial charge < -0.3 is 14.6 Å². The van der Waals surface area contributed by atoms with Gasteiger partial charge in [0.2, 0.25) is 17.6 Å². The van der Waals surface area contributed by atoms with E-state index in [0.29, 0.717) is 41.6 Å². The van der Waals surface area contributed by atoms with E-state index in [1.807, 2.05) is 73.7 Å². The van der Waals surface area contributed by atoms with E-state index in [9.17, 15) is 19.5 Å². The van der Waals surface area contributed by atoms with E-state index in [1.54, 1.807) is 12.1 Å². The Morgan fingerprint density at radius 2 is 1.51 bits per heavy atom. The number of benzene rings is 3. The third-order valence-corrected chi connectivity index (χ3v) is 10.7. The summed E-state index contributed by atoms with van der Waals surface area (Å²) >= 11 is 0. The average molecular weight is 632 g/mol. The molecule has 240 valence electrons. The molecule has 47 heavy (non-hydrogen) atoms. The van der Waals surface area contributed by atoms with Gasteiger partial charge in [0.05, 0.1) is 31.5 Å². The van der Waals surface area contributed by atoms with Crippen LogP contribution in [0.1, 0.15) is 48.8 Å². The predicted octanol–water partition coefficient (Wildman–Crippen LogP) is 5.64. The number of methoxy groups -OCH3 is 2. The molecule has 3 aromatic rings. The molecule has 0 radical (unpaired) electrons. The first kappa shape index (κ1) is 30.7. The first-order chi connectivity index (χ1) is 22.8. The Morgan fingerprint density at radius 3 is 2.13 bits per heavy atom. The number of likely N-dealkylation sites (tertiary alicyclic amines) is 1. The SMILES string of the molecule is CCCN1C(=O)[C@H]2[C@H](CC=C3[C@H]2C[C@H]2C(=O)C(c4ccccc4)=CC(=O)[C@@]2(c2ccccc2)[C@H]3c2cc(OC)c(O)c(OC)c2)C1=O. The summed E-state index contributed by atoms with van der Waals surface area (Å²) in [6, 6.07) is 22.0. The van der Waals surface area contributed by atoms with E-state index < -0.39 is 35.0 Å². The zero-order chi connectivity index (χ0) is 33.0. The Bertz CT molecular complexity index is 1820. The van der Waals surface area contributed by atoms with Crippen LogP contribution in [-0.4, -0.2) is 54.2 Å². The van der Waals surface area contributed by atoms with Crippen molar-refractivity contribution >= 4 is 29.0 Å². The van der Waals surface area contributed by atoms with Crippen LogP contribution in [0.2, 0.25) is 0 Å². The van der Waals surface area contributed by atoms with Gasteiger partial charge in [-0.05, 0) is 60.1 Å². The first-order valence-corrected chi connectivity index (χ1v) is 16.2. The number of amides is 2. The van der Waals surface area contributed by atoms with Crippen molar-refractivity contribution in [3.8, 4) is 17.2 Å². The van der Waals surface area contributed by atoms with Crippen molar-refractivity contribution in [2.75, 3.05) is 20.8 Å². The second kappa shape index (κ2) is 11.7. The molecule has 3 aromatic carbocycles. The normalized spacial score (nSPS) is 28.2. The molecule has 1 heterocycles. The maximum Gasteiger partial charge on any atom is 0.233 e. The number of aromatic hydroxyl groups is 1. The highest BCUT2D eigenvalue weighted by Gasteiger charge is 2.65. The minimum absolute atomic E-state index is 0.159. The molecule has 3 aliphatic carbocycles. The number of hydrogen-bond donors (Lipinski definition) is 1. The number of carbonyl (C=O) groups excluding carboxylic acids is 4. The van der Waals surface area contributed by atoms with Crippen LogP contribution in [0.25, 0.3) is 5.57 Å². The molecule has 8 nitrogen and oxygen atoms in total. The number of Topliss-reactive ketones (excluding diaryl/α,β-unsaturated/α-hetero) is 1. The maximum absolute atomic E-state index is 15.1. The minimum Gasteiger partial charge on any atom is -0.502 e. The Morgan fingerprint density at radius 1 is 0.872 bits per heavy atom. The Labute approximate surface area is 273 Å². The second-order valence-electron chi connectivity index (χ2n) is 12.9. The number of hydrogen-bond acceptors (Lipinski definition) is 7. The van der Waals surface area contributed by atoms with Crippen molar-refractivity contribution in [2.45, 2.75) is 37.5 Å². The lowest BCUT2D eigenvalue weighted by molar-refractivity contribution is -0.140. The summed E-state index contributed by atoms with van der Waals surface area (Å²) in [5, 5.41) is 10.9. The first-order valence-electron chi connectivity index (χ1n) is 16.2. The van der Waals surface area contributed by atoms with Gasteiger partial charge in [0.25, 0.3) is 0 Å². The molecular weight excluding hydrogens is 594 g/mol. The maximum atomic E-state index is 15.1. The predicted molar refractivity (Wildman–Crippen MR) is 175 cm³/mol. The molecule has 1 aliphatic heterocycles. The molecule has 1 saturated carbocycles. The van der Waals surface area contributed by atoms with Gasteiger partial charge in [-0.1, -0.05) is 79.2 Å². The number of nitrogens with zero attached hydrogens (tertiary/aromatic N) is 1. The number of fused-ring (bicyclic) bond motifs is 4.